The standard InChI is InChI=1S/C22H22N2O4/c1-12-10-17-19(21(26)18(12)22(27)28-2)20(13-6-5-7-14(25)11-13)24-16-9-4-3-8-15(16)23-17/h3-9,11-12,18,20,23-25H,10H2,1-2H3. The van der Waals surface area contributed by atoms with E-state index in [-0.39, 0.29) is 17.5 Å². The van der Waals surface area contributed by atoms with Crippen LogP contribution in [0.25, 0.3) is 0 Å². The van der Waals surface area contributed by atoms with Gasteiger partial charge in [0.1, 0.15) is 11.7 Å². The maximum Gasteiger partial charge on any atom is 0.316 e. The number of phenols is 1. The van der Waals surface area contributed by atoms with Gasteiger partial charge < -0.3 is 20.5 Å². The Hall–Kier alpha value is -3.28. The molecule has 0 amide bonds. The van der Waals surface area contributed by atoms with E-state index in [9.17, 15) is 14.7 Å². The molecule has 0 spiro atoms. The summed E-state index contributed by atoms with van der Waals surface area (Å²) in [4.78, 5) is 25.8. The van der Waals surface area contributed by atoms with Crippen LogP contribution in [0.15, 0.2) is 59.8 Å². The summed E-state index contributed by atoms with van der Waals surface area (Å²) >= 11 is 0. The van der Waals surface area contributed by atoms with Gasteiger partial charge in [0.25, 0.3) is 0 Å². The maximum absolute atomic E-state index is 13.4. The Morgan fingerprint density at radius 3 is 2.61 bits per heavy atom. The van der Waals surface area contributed by atoms with Gasteiger partial charge in [-0.25, -0.2) is 0 Å². The predicted octanol–water partition coefficient (Wildman–Crippen LogP) is 3.62. The Kier molecular flexibility index (Phi) is 4.55. The van der Waals surface area contributed by atoms with Gasteiger partial charge in [0.2, 0.25) is 0 Å². The minimum absolute atomic E-state index is 0.119. The number of anilines is 2. The summed E-state index contributed by atoms with van der Waals surface area (Å²) in [6.07, 6.45) is 0.548. The molecule has 1 heterocycles. The number of para-hydroxylation sites is 2. The van der Waals surface area contributed by atoms with Crippen molar-refractivity contribution in [1.29, 1.82) is 0 Å². The number of benzene rings is 2. The Morgan fingerprint density at radius 2 is 1.89 bits per heavy atom. The Balaban J connectivity index is 1.88. The van der Waals surface area contributed by atoms with Gasteiger partial charge in [-0.15, -0.1) is 0 Å². The molecule has 0 bridgehead atoms. The van der Waals surface area contributed by atoms with E-state index in [0.29, 0.717) is 12.0 Å². The number of ketones is 1. The maximum atomic E-state index is 13.4. The zero-order valence-electron chi connectivity index (χ0n) is 15.7. The van der Waals surface area contributed by atoms with Crippen molar-refractivity contribution in [3.05, 3.63) is 65.4 Å². The number of nitrogens with one attached hydrogen (secondary N) is 2. The van der Waals surface area contributed by atoms with Crippen LogP contribution in [-0.4, -0.2) is 24.0 Å². The van der Waals surface area contributed by atoms with E-state index in [1.165, 1.54) is 7.11 Å². The molecule has 3 unspecified atom stereocenters. The van der Waals surface area contributed by atoms with E-state index in [1.54, 1.807) is 18.2 Å². The van der Waals surface area contributed by atoms with Crippen molar-refractivity contribution in [2.45, 2.75) is 19.4 Å². The fraction of sp³-hybridized carbons (Fsp3) is 0.273. The number of Topliss-reactive ketones (excluding diaryl/α,β-unsaturated/α-hetero) is 1. The SMILES string of the molecule is COC(=O)C1C(=O)C2=C(CC1C)Nc1ccccc1NC2c1cccc(O)c1. The summed E-state index contributed by atoms with van der Waals surface area (Å²) in [5, 5.41) is 16.8. The Labute approximate surface area is 163 Å². The molecule has 144 valence electrons. The van der Waals surface area contributed by atoms with Gasteiger partial charge in [0.05, 0.1) is 24.5 Å². The minimum atomic E-state index is -0.839. The van der Waals surface area contributed by atoms with Gasteiger partial charge in [0.15, 0.2) is 5.78 Å². The van der Waals surface area contributed by atoms with Crippen molar-refractivity contribution in [1.82, 2.24) is 0 Å². The predicted molar refractivity (Wildman–Crippen MR) is 106 cm³/mol. The quantitative estimate of drug-likeness (QED) is 0.546. The molecule has 4 rings (SSSR count). The van der Waals surface area contributed by atoms with E-state index in [1.807, 2.05) is 37.3 Å². The molecule has 2 aromatic rings. The molecule has 0 aromatic heterocycles. The first-order valence-electron chi connectivity index (χ1n) is 9.26. The summed E-state index contributed by atoms with van der Waals surface area (Å²) < 4.78 is 4.90. The van der Waals surface area contributed by atoms with Crippen LogP contribution in [0.5, 0.6) is 5.75 Å². The number of allylic oxidation sites excluding steroid dienone is 1. The second-order valence-electron chi connectivity index (χ2n) is 7.28. The molecule has 0 saturated heterocycles. The summed E-state index contributed by atoms with van der Waals surface area (Å²) in [6, 6.07) is 14.0. The number of esters is 1. The highest BCUT2D eigenvalue weighted by Gasteiger charge is 2.44. The average molecular weight is 378 g/mol. The average Bonchev–Trinajstić information content (AvgIpc) is 2.84. The van der Waals surface area contributed by atoms with Crippen LogP contribution < -0.4 is 10.6 Å². The van der Waals surface area contributed by atoms with E-state index in [0.717, 1.165) is 22.6 Å². The van der Waals surface area contributed by atoms with Crippen LogP contribution in [0, 0.1) is 11.8 Å². The number of ether oxygens (including phenoxy) is 1. The lowest BCUT2D eigenvalue weighted by molar-refractivity contribution is -0.151. The largest absolute Gasteiger partial charge is 0.508 e. The second-order valence-corrected chi connectivity index (χ2v) is 7.28. The van der Waals surface area contributed by atoms with Gasteiger partial charge in [-0.1, -0.05) is 31.2 Å². The summed E-state index contributed by atoms with van der Waals surface area (Å²) in [7, 11) is 1.30. The van der Waals surface area contributed by atoms with Crippen molar-refractivity contribution >= 4 is 23.1 Å². The third kappa shape index (κ3) is 3.01. The molecule has 1 aliphatic carbocycles. The number of methoxy groups -OCH3 is 1. The number of carbonyl (C=O) groups is 2. The van der Waals surface area contributed by atoms with E-state index in [2.05, 4.69) is 10.6 Å². The minimum Gasteiger partial charge on any atom is -0.508 e. The van der Waals surface area contributed by atoms with Crippen LogP contribution >= 0.6 is 0 Å². The zero-order chi connectivity index (χ0) is 19.8. The van der Waals surface area contributed by atoms with E-state index in [4.69, 9.17) is 4.74 Å². The molecule has 2 aromatic carbocycles. The molecule has 0 fully saturated rings. The fourth-order valence-corrected chi connectivity index (χ4v) is 4.09. The molecule has 6 heteroatoms. The van der Waals surface area contributed by atoms with Crippen LogP contribution in [-0.2, 0) is 14.3 Å². The number of hydrogen-bond acceptors (Lipinski definition) is 6. The molecule has 2 aliphatic rings. The van der Waals surface area contributed by atoms with Crippen molar-refractivity contribution < 1.29 is 19.4 Å². The van der Waals surface area contributed by atoms with Gasteiger partial charge >= 0.3 is 5.97 Å². The lowest BCUT2D eigenvalue weighted by Crippen LogP contribution is -2.39. The summed E-state index contributed by atoms with van der Waals surface area (Å²) in [6.45, 7) is 1.89. The van der Waals surface area contributed by atoms with Crippen molar-refractivity contribution in [3.63, 3.8) is 0 Å². The van der Waals surface area contributed by atoms with Crippen molar-refractivity contribution in [2.24, 2.45) is 11.8 Å². The number of aromatic hydroxyl groups is 1. The molecule has 3 atom stereocenters. The van der Waals surface area contributed by atoms with Crippen LogP contribution in [0.2, 0.25) is 0 Å². The van der Waals surface area contributed by atoms with Crippen molar-refractivity contribution in [3.8, 4) is 5.75 Å². The molecule has 0 radical (unpaired) electrons. The molecule has 28 heavy (non-hydrogen) atoms. The number of hydrogen-bond donors (Lipinski definition) is 3. The second kappa shape index (κ2) is 7.03. The first-order chi connectivity index (χ1) is 13.5. The van der Waals surface area contributed by atoms with Gasteiger partial charge in [-0.3, -0.25) is 9.59 Å². The number of carbonyl (C=O) groups excluding carboxylic acids is 2. The molecular weight excluding hydrogens is 356 g/mol. The lowest BCUT2D eigenvalue weighted by Gasteiger charge is -2.32. The van der Waals surface area contributed by atoms with Crippen LogP contribution in [0.4, 0.5) is 11.4 Å². The summed E-state index contributed by atoms with van der Waals surface area (Å²) in [5.41, 5.74) is 3.77. The third-order valence-corrected chi connectivity index (χ3v) is 5.43. The number of phenolic OH excluding ortho intramolecular Hbond substituents is 1. The van der Waals surface area contributed by atoms with E-state index >= 15 is 0 Å². The number of rotatable bonds is 2. The monoisotopic (exact) mass is 378 g/mol. The third-order valence-electron chi connectivity index (χ3n) is 5.43. The molecule has 3 N–H and O–H groups in total. The number of fused-ring (bicyclic) bond motifs is 1. The molecule has 0 saturated carbocycles. The fourth-order valence-electron chi connectivity index (χ4n) is 4.09. The van der Waals surface area contributed by atoms with Gasteiger partial charge in [0, 0.05) is 11.3 Å². The normalized spacial score (nSPS) is 23.6. The first kappa shape index (κ1) is 18.1. The van der Waals surface area contributed by atoms with Gasteiger partial charge in [-0.05, 0) is 42.2 Å². The topological polar surface area (TPSA) is 87.7 Å². The Bertz CT molecular complexity index is 982. The lowest BCUT2D eigenvalue weighted by atomic mass is 9.75. The summed E-state index contributed by atoms with van der Waals surface area (Å²) in [5.74, 6) is -1.66. The Morgan fingerprint density at radius 1 is 1.14 bits per heavy atom. The first-order valence-corrected chi connectivity index (χ1v) is 9.26. The van der Waals surface area contributed by atoms with Crippen LogP contribution in [0.1, 0.15) is 24.9 Å². The molecular formula is C22H22N2O4. The highest BCUT2D eigenvalue weighted by atomic mass is 16.5. The zero-order valence-corrected chi connectivity index (χ0v) is 15.7. The highest BCUT2D eigenvalue weighted by Crippen LogP contribution is 2.44. The van der Waals surface area contributed by atoms with Crippen molar-refractivity contribution in [2.75, 3.05) is 17.7 Å². The highest BCUT2D eigenvalue weighted by molar-refractivity contribution is 6.11. The molecule has 1 aliphatic heterocycles. The van der Waals surface area contributed by atoms with Gasteiger partial charge in [-0.2, -0.15) is 0 Å². The van der Waals surface area contributed by atoms with Crippen LogP contribution in [0.3, 0.4) is 0 Å². The van der Waals surface area contributed by atoms with E-state index < -0.39 is 17.9 Å². The molecule has 6 nitrogen and oxygen atoms in total. The smallest absolute Gasteiger partial charge is 0.316 e.